The van der Waals surface area contributed by atoms with Crippen LogP contribution in [-0.4, -0.2) is 29.2 Å². The van der Waals surface area contributed by atoms with E-state index in [2.05, 4.69) is 10.3 Å². The lowest BCUT2D eigenvalue weighted by Crippen LogP contribution is -2.08. The van der Waals surface area contributed by atoms with E-state index in [0.717, 1.165) is 5.56 Å². The smallest absolute Gasteiger partial charge is 0.248 e. The van der Waals surface area contributed by atoms with Crippen LogP contribution < -0.4 is 14.8 Å². The fraction of sp³-hybridized carbons (Fsp3) is 0.130. The van der Waals surface area contributed by atoms with E-state index in [0.29, 0.717) is 22.7 Å². The number of pyridine rings is 1. The van der Waals surface area contributed by atoms with Crippen molar-refractivity contribution in [1.82, 2.24) is 4.98 Å². The molecule has 0 radical (unpaired) electrons. The topological polar surface area (TPSA) is 80.7 Å². The predicted molar refractivity (Wildman–Crippen MR) is 112 cm³/mol. The summed E-state index contributed by atoms with van der Waals surface area (Å²) < 4.78 is 25.1. The van der Waals surface area contributed by atoms with Gasteiger partial charge in [0.2, 0.25) is 5.91 Å². The number of aryl methyl sites for hydroxylation is 1. The zero-order valence-electron chi connectivity index (χ0n) is 16.3. The Labute approximate surface area is 173 Å². The molecule has 0 fully saturated rings. The summed E-state index contributed by atoms with van der Waals surface area (Å²) in [5, 5.41) is 11.6. The molecule has 2 N–H and O–H groups in total. The first kappa shape index (κ1) is 21.0. The molecule has 0 aliphatic heterocycles. The summed E-state index contributed by atoms with van der Waals surface area (Å²) in [6.45, 7) is 1.98. The second kappa shape index (κ2) is 10.2. The van der Waals surface area contributed by atoms with Crippen molar-refractivity contribution in [1.29, 1.82) is 0 Å². The molecule has 30 heavy (non-hydrogen) atoms. The van der Waals surface area contributed by atoms with E-state index in [1.807, 2.05) is 6.92 Å². The molecule has 0 aliphatic rings. The number of carbonyl (C=O) groups excluding carboxylic acids is 1. The summed E-state index contributed by atoms with van der Waals surface area (Å²) in [6.07, 6.45) is 5.92. The van der Waals surface area contributed by atoms with E-state index in [4.69, 9.17) is 14.6 Å². The van der Waals surface area contributed by atoms with Crippen LogP contribution in [0.3, 0.4) is 0 Å². The third kappa shape index (κ3) is 5.89. The second-order valence-electron chi connectivity index (χ2n) is 6.36. The number of hydrogen-bond donors (Lipinski definition) is 2. The summed E-state index contributed by atoms with van der Waals surface area (Å²) in [4.78, 5) is 16.1. The minimum absolute atomic E-state index is 0.0696. The standard InChI is InChI=1S/C23H21FN2O4/c1-16-13-18(6-8-21(16)29-12-11-27)26-23(28)9-5-17-4-7-22(20(24)14-17)30-19-3-2-10-25-15-19/h2-10,13-15,27H,11-12H2,1H3,(H,26,28)/b9-5+. The number of benzene rings is 2. The van der Waals surface area contributed by atoms with Gasteiger partial charge in [-0.15, -0.1) is 0 Å². The van der Waals surface area contributed by atoms with Crippen LogP contribution in [0.15, 0.2) is 67.0 Å². The Morgan fingerprint density at radius 1 is 1.20 bits per heavy atom. The molecule has 0 unspecified atom stereocenters. The van der Waals surface area contributed by atoms with Crippen molar-refractivity contribution in [2.24, 2.45) is 0 Å². The Morgan fingerprint density at radius 2 is 2.03 bits per heavy atom. The number of aliphatic hydroxyl groups is 1. The monoisotopic (exact) mass is 408 g/mol. The normalized spacial score (nSPS) is 10.8. The molecule has 0 atom stereocenters. The molecular formula is C23H21FN2O4. The quantitative estimate of drug-likeness (QED) is 0.542. The van der Waals surface area contributed by atoms with Crippen molar-refractivity contribution in [2.75, 3.05) is 18.5 Å². The number of nitrogens with one attached hydrogen (secondary N) is 1. The van der Waals surface area contributed by atoms with Gasteiger partial charge in [0.05, 0.1) is 12.8 Å². The Balaban J connectivity index is 1.60. The van der Waals surface area contributed by atoms with E-state index < -0.39 is 5.82 Å². The number of carbonyl (C=O) groups is 1. The van der Waals surface area contributed by atoms with Gasteiger partial charge < -0.3 is 19.9 Å². The van der Waals surface area contributed by atoms with Crippen LogP contribution >= 0.6 is 0 Å². The highest BCUT2D eigenvalue weighted by Crippen LogP contribution is 2.25. The van der Waals surface area contributed by atoms with Crippen molar-refractivity contribution < 1.29 is 23.8 Å². The first-order chi connectivity index (χ1) is 14.5. The van der Waals surface area contributed by atoms with E-state index in [9.17, 15) is 9.18 Å². The van der Waals surface area contributed by atoms with Crippen LogP contribution in [-0.2, 0) is 4.79 Å². The lowest BCUT2D eigenvalue weighted by molar-refractivity contribution is -0.111. The van der Waals surface area contributed by atoms with Crippen molar-refractivity contribution in [2.45, 2.75) is 6.92 Å². The maximum Gasteiger partial charge on any atom is 0.248 e. The Kier molecular flexibility index (Phi) is 7.13. The second-order valence-corrected chi connectivity index (χ2v) is 6.36. The van der Waals surface area contributed by atoms with Gasteiger partial charge in [0.15, 0.2) is 11.6 Å². The lowest BCUT2D eigenvalue weighted by Gasteiger charge is -2.10. The first-order valence-electron chi connectivity index (χ1n) is 9.26. The average molecular weight is 408 g/mol. The molecule has 1 heterocycles. The minimum Gasteiger partial charge on any atom is -0.491 e. The number of ether oxygens (including phenoxy) is 2. The molecule has 0 aliphatic carbocycles. The van der Waals surface area contributed by atoms with Gasteiger partial charge in [-0.2, -0.15) is 0 Å². The number of aliphatic hydroxyl groups excluding tert-OH is 1. The van der Waals surface area contributed by atoms with Crippen molar-refractivity contribution in [3.63, 3.8) is 0 Å². The fourth-order valence-corrected chi connectivity index (χ4v) is 2.64. The summed E-state index contributed by atoms with van der Waals surface area (Å²) in [5.41, 5.74) is 1.95. The molecule has 3 rings (SSSR count). The number of hydrogen-bond acceptors (Lipinski definition) is 5. The highest BCUT2D eigenvalue weighted by atomic mass is 19.1. The first-order valence-corrected chi connectivity index (χ1v) is 9.26. The van der Waals surface area contributed by atoms with Crippen LogP contribution in [0, 0.1) is 12.7 Å². The van der Waals surface area contributed by atoms with Crippen molar-refractivity contribution in [3.8, 4) is 17.2 Å². The van der Waals surface area contributed by atoms with E-state index >= 15 is 0 Å². The number of rotatable bonds is 8. The number of amides is 1. The summed E-state index contributed by atoms with van der Waals surface area (Å²) in [6, 6.07) is 13.0. The molecule has 1 aromatic heterocycles. The van der Waals surface area contributed by atoms with Crippen LogP contribution in [0.4, 0.5) is 10.1 Å². The molecule has 0 saturated heterocycles. The van der Waals surface area contributed by atoms with Gasteiger partial charge in [-0.05, 0) is 66.6 Å². The van der Waals surface area contributed by atoms with Crippen LogP contribution in [0.5, 0.6) is 17.2 Å². The van der Waals surface area contributed by atoms with Gasteiger partial charge in [0, 0.05) is 18.0 Å². The molecular weight excluding hydrogens is 387 g/mol. The predicted octanol–water partition coefficient (Wildman–Crippen LogP) is 4.34. The van der Waals surface area contributed by atoms with E-state index in [-0.39, 0.29) is 24.9 Å². The molecule has 0 saturated carbocycles. The highest BCUT2D eigenvalue weighted by molar-refractivity contribution is 6.02. The van der Waals surface area contributed by atoms with Gasteiger partial charge in [0.1, 0.15) is 18.1 Å². The van der Waals surface area contributed by atoms with Crippen LogP contribution in [0.25, 0.3) is 6.08 Å². The fourth-order valence-electron chi connectivity index (χ4n) is 2.64. The molecule has 7 heteroatoms. The van der Waals surface area contributed by atoms with Gasteiger partial charge in [-0.3, -0.25) is 9.78 Å². The third-order valence-corrected chi connectivity index (χ3v) is 4.04. The van der Waals surface area contributed by atoms with Crippen molar-refractivity contribution >= 4 is 17.7 Å². The van der Waals surface area contributed by atoms with Gasteiger partial charge in [0.25, 0.3) is 0 Å². The average Bonchev–Trinajstić information content (AvgIpc) is 2.74. The Hall–Kier alpha value is -3.71. The molecule has 6 nitrogen and oxygen atoms in total. The number of aromatic nitrogens is 1. The van der Waals surface area contributed by atoms with Gasteiger partial charge >= 0.3 is 0 Å². The van der Waals surface area contributed by atoms with E-state index in [1.165, 1.54) is 30.5 Å². The van der Waals surface area contributed by atoms with Crippen LogP contribution in [0.1, 0.15) is 11.1 Å². The largest absolute Gasteiger partial charge is 0.491 e. The number of nitrogens with zero attached hydrogens (tertiary/aromatic N) is 1. The molecule has 154 valence electrons. The van der Waals surface area contributed by atoms with Gasteiger partial charge in [-0.25, -0.2) is 4.39 Å². The van der Waals surface area contributed by atoms with Crippen LogP contribution in [0.2, 0.25) is 0 Å². The molecule has 0 bridgehead atoms. The highest BCUT2D eigenvalue weighted by Gasteiger charge is 2.06. The Bertz CT molecular complexity index is 1040. The summed E-state index contributed by atoms with van der Waals surface area (Å²) >= 11 is 0. The lowest BCUT2D eigenvalue weighted by atomic mass is 10.2. The molecule has 3 aromatic rings. The molecule has 2 aromatic carbocycles. The molecule has 0 spiro atoms. The zero-order chi connectivity index (χ0) is 21.3. The summed E-state index contributed by atoms with van der Waals surface area (Å²) in [7, 11) is 0. The number of anilines is 1. The SMILES string of the molecule is Cc1cc(NC(=O)/C=C/c2ccc(Oc3cccnc3)c(F)c2)ccc1OCCO. The zero-order valence-corrected chi connectivity index (χ0v) is 16.3. The molecule has 1 amide bonds. The Morgan fingerprint density at radius 3 is 2.73 bits per heavy atom. The van der Waals surface area contributed by atoms with Crippen molar-refractivity contribution in [3.05, 3.63) is 83.9 Å². The third-order valence-electron chi connectivity index (χ3n) is 4.04. The minimum atomic E-state index is -0.546. The maximum atomic E-state index is 14.3. The maximum absolute atomic E-state index is 14.3. The van der Waals surface area contributed by atoms with Gasteiger partial charge in [-0.1, -0.05) is 6.07 Å². The van der Waals surface area contributed by atoms with E-state index in [1.54, 1.807) is 42.6 Å². The summed E-state index contributed by atoms with van der Waals surface area (Å²) in [5.74, 6) is 0.248. The number of halogens is 1.